The van der Waals surface area contributed by atoms with E-state index in [0.29, 0.717) is 44.9 Å². The van der Waals surface area contributed by atoms with E-state index in [2.05, 4.69) is 6.92 Å². The Balaban J connectivity index is 1.21. The van der Waals surface area contributed by atoms with Gasteiger partial charge in [0.25, 0.3) is 0 Å². The molecular weight excluding hydrogens is 524 g/mol. The lowest BCUT2D eigenvalue weighted by molar-refractivity contribution is -0.372. The Kier molecular flexibility index (Phi) is 6.20. The van der Waals surface area contributed by atoms with Gasteiger partial charge in [-0.05, 0) is 80.8 Å². The molecule has 6 fully saturated rings. The Morgan fingerprint density at radius 3 is 2.35 bits per heavy atom. The maximum absolute atomic E-state index is 12.7. The maximum atomic E-state index is 12.7. The Morgan fingerprint density at radius 1 is 0.900 bits per heavy atom. The van der Waals surface area contributed by atoms with E-state index in [1.807, 2.05) is 0 Å². The third kappa shape index (κ3) is 3.47. The molecule has 2 aliphatic heterocycles. The minimum Gasteiger partial charge on any atom is -0.431 e. The lowest BCUT2D eigenvalue weighted by Crippen LogP contribution is -2.75. The van der Waals surface area contributed by atoms with Gasteiger partial charge in [-0.1, -0.05) is 6.92 Å². The van der Waals surface area contributed by atoms with Crippen LogP contribution in [0.5, 0.6) is 0 Å². The number of aliphatic hydroxyl groups excluding tert-OH is 4. The molecule has 0 radical (unpaired) electrons. The van der Waals surface area contributed by atoms with Gasteiger partial charge >= 0.3 is 5.63 Å². The molecule has 40 heavy (non-hydrogen) atoms. The van der Waals surface area contributed by atoms with Crippen LogP contribution in [-0.2, 0) is 14.2 Å². The fourth-order valence-corrected chi connectivity index (χ4v) is 9.79. The minimum absolute atomic E-state index is 0.0111. The highest BCUT2D eigenvalue weighted by atomic mass is 16.7. The first-order valence-corrected chi connectivity index (χ1v) is 14.7. The number of aliphatic hydroxyl groups is 6. The van der Waals surface area contributed by atoms with E-state index >= 15 is 0 Å². The molecule has 7 rings (SSSR count). The molecule has 0 bridgehead atoms. The van der Waals surface area contributed by atoms with Crippen LogP contribution in [0.15, 0.2) is 27.6 Å². The van der Waals surface area contributed by atoms with Crippen molar-refractivity contribution in [1.82, 2.24) is 0 Å². The molecule has 4 aliphatic carbocycles. The first-order valence-electron chi connectivity index (χ1n) is 14.7. The van der Waals surface area contributed by atoms with Crippen LogP contribution < -0.4 is 5.63 Å². The first kappa shape index (κ1) is 27.4. The smallest absolute Gasteiger partial charge is 0.335 e. The molecule has 2 saturated heterocycles. The van der Waals surface area contributed by atoms with E-state index in [9.17, 15) is 35.4 Å². The zero-order chi connectivity index (χ0) is 28.2. The van der Waals surface area contributed by atoms with E-state index in [0.717, 1.165) is 12.0 Å². The molecule has 11 nitrogen and oxygen atoms in total. The minimum atomic E-state index is -1.59. The van der Waals surface area contributed by atoms with Crippen molar-refractivity contribution in [3.8, 4) is 0 Å². The summed E-state index contributed by atoms with van der Waals surface area (Å²) in [5, 5.41) is 66.3. The largest absolute Gasteiger partial charge is 0.431 e. The molecule has 222 valence electrons. The summed E-state index contributed by atoms with van der Waals surface area (Å²) in [6, 6.07) is 3.21. The average molecular weight is 565 g/mol. The van der Waals surface area contributed by atoms with Crippen molar-refractivity contribution in [2.45, 2.75) is 124 Å². The van der Waals surface area contributed by atoms with Crippen molar-refractivity contribution < 1.29 is 49.3 Å². The number of epoxide rings is 1. The molecule has 11 heteroatoms. The molecule has 1 aromatic heterocycles. The second kappa shape index (κ2) is 9.05. The summed E-state index contributed by atoms with van der Waals surface area (Å²) in [5.74, 6) is -0.502. The van der Waals surface area contributed by atoms with E-state index < -0.39 is 71.3 Å². The van der Waals surface area contributed by atoms with E-state index in [-0.39, 0.29) is 23.9 Å². The van der Waals surface area contributed by atoms with Crippen LogP contribution >= 0.6 is 0 Å². The molecule has 14 atom stereocenters. The fraction of sp³-hybridized carbons (Fsp3) is 0.828. The summed E-state index contributed by atoms with van der Waals surface area (Å²) in [4.78, 5) is 11.6. The standard InChI is InChI=1S/C29H40O11/c1-26-8-4-17-16(27(26,35)9-5-15(26)14-2-3-20(31)37-13-14)6-11-29(24-18(38-24)7-10-28(17,29)36)40-25-23(34)22(33)21(32)19(12-30)39-25/h2-3,13,15-19,21-25,30,32-36H,4-12H2,1H3/t15-,16+,17-,18+,19-,21-,22+,23-,24+,25+,26-,27-,28-,29-/m1/s1. The van der Waals surface area contributed by atoms with Gasteiger partial charge in [0, 0.05) is 11.5 Å². The zero-order valence-corrected chi connectivity index (χ0v) is 22.6. The van der Waals surface area contributed by atoms with Crippen LogP contribution in [0.1, 0.15) is 69.8 Å². The quantitative estimate of drug-likeness (QED) is 0.213. The molecule has 1 aromatic rings. The van der Waals surface area contributed by atoms with Crippen molar-refractivity contribution in [2.75, 3.05) is 6.61 Å². The lowest BCUT2D eigenvalue weighted by Gasteiger charge is -2.65. The molecule has 0 aromatic carbocycles. The van der Waals surface area contributed by atoms with Crippen molar-refractivity contribution in [3.05, 3.63) is 34.4 Å². The SMILES string of the molecule is C[C@]12CC[C@@H]3[C@H](CC[C@@]4(O[C@@H]5O[C@H](CO)[C@@H](O)[C@H](O)[C@H]5O)[C@H]5O[C@H]5CC[C@@]34O)[C@]1(O)CC[C@@H]2c1ccc(=O)oc1. The molecule has 6 aliphatic rings. The number of fused-ring (bicyclic) bond motifs is 7. The zero-order valence-electron chi connectivity index (χ0n) is 22.6. The average Bonchev–Trinajstić information content (AvgIpc) is 3.68. The van der Waals surface area contributed by atoms with Gasteiger partial charge in [-0.25, -0.2) is 4.79 Å². The monoisotopic (exact) mass is 564 g/mol. The Labute approximate surface area is 231 Å². The van der Waals surface area contributed by atoms with Crippen molar-refractivity contribution >= 4 is 0 Å². The first-order chi connectivity index (χ1) is 19.0. The summed E-state index contributed by atoms with van der Waals surface area (Å²) in [5.41, 5.74) is -3.66. The second-order valence-corrected chi connectivity index (χ2v) is 13.4. The summed E-state index contributed by atoms with van der Waals surface area (Å²) in [7, 11) is 0. The van der Waals surface area contributed by atoms with Gasteiger partial charge in [0.2, 0.25) is 0 Å². The molecule has 0 unspecified atom stereocenters. The molecule has 4 saturated carbocycles. The van der Waals surface area contributed by atoms with Gasteiger partial charge in [0.1, 0.15) is 36.1 Å². The highest BCUT2D eigenvalue weighted by Gasteiger charge is 2.77. The molecule has 0 amide bonds. The number of ether oxygens (including phenoxy) is 3. The third-order valence-electron chi connectivity index (χ3n) is 12.0. The predicted octanol–water partition coefficient (Wildman–Crippen LogP) is -0.0778. The fourth-order valence-electron chi connectivity index (χ4n) is 9.79. The Morgan fingerprint density at radius 2 is 1.62 bits per heavy atom. The Bertz CT molecular complexity index is 1180. The van der Waals surface area contributed by atoms with Gasteiger partial charge in [-0.3, -0.25) is 0 Å². The summed E-state index contributed by atoms with van der Waals surface area (Å²) in [6.45, 7) is 1.54. The summed E-state index contributed by atoms with van der Waals surface area (Å²) in [6.07, 6.45) is -1.67. The van der Waals surface area contributed by atoms with Crippen LogP contribution in [0.4, 0.5) is 0 Å². The van der Waals surface area contributed by atoms with Gasteiger partial charge in [0.15, 0.2) is 6.29 Å². The predicted molar refractivity (Wildman–Crippen MR) is 136 cm³/mol. The van der Waals surface area contributed by atoms with Gasteiger partial charge in [0.05, 0.1) is 30.2 Å². The van der Waals surface area contributed by atoms with Crippen LogP contribution in [0.25, 0.3) is 0 Å². The van der Waals surface area contributed by atoms with E-state index in [4.69, 9.17) is 18.6 Å². The van der Waals surface area contributed by atoms with Crippen molar-refractivity contribution in [1.29, 1.82) is 0 Å². The van der Waals surface area contributed by atoms with E-state index in [1.54, 1.807) is 6.07 Å². The van der Waals surface area contributed by atoms with Crippen LogP contribution in [-0.4, -0.2) is 97.0 Å². The topological polar surface area (TPSA) is 183 Å². The second-order valence-electron chi connectivity index (χ2n) is 13.4. The van der Waals surface area contributed by atoms with Gasteiger partial charge in [-0.2, -0.15) is 0 Å². The van der Waals surface area contributed by atoms with Crippen LogP contribution in [0.3, 0.4) is 0 Å². The van der Waals surface area contributed by atoms with Crippen molar-refractivity contribution in [3.63, 3.8) is 0 Å². The highest BCUT2D eigenvalue weighted by molar-refractivity contribution is 5.30. The van der Waals surface area contributed by atoms with Crippen LogP contribution in [0, 0.1) is 17.3 Å². The molecule has 3 heterocycles. The summed E-state index contributed by atoms with van der Waals surface area (Å²) >= 11 is 0. The third-order valence-corrected chi connectivity index (χ3v) is 12.0. The maximum Gasteiger partial charge on any atom is 0.335 e. The lowest BCUT2D eigenvalue weighted by atomic mass is 9.45. The normalized spacial score (nSPS) is 55.1. The highest BCUT2D eigenvalue weighted by Crippen LogP contribution is 2.71. The number of rotatable bonds is 4. The Hall–Kier alpha value is -1.41. The molecule has 6 N–H and O–H groups in total. The van der Waals surface area contributed by atoms with Gasteiger partial charge in [-0.15, -0.1) is 0 Å². The van der Waals surface area contributed by atoms with E-state index in [1.165, 1.54) is 12.3 Å². The number of hydrogen-bond acceptors (Lipinski definition) is 11. The molecular formula is C29H40O11. The van der Waals surface area contributed by atoms with Crippen molar-refractivity contribution in [2.24, 2.45) is 17.3 Å². The molecule has 0 spiro atoms. The summed E-state index contributed by atoms with van der Waals surface area (Å²) < 4.78 is 23.4. The van der Waals surface area contributed by atoms with Crippen LogP contribution in [0.2, 0.25) is 0 Å². The van der Waals surface area contributed by atoms with Gasteiger partial charge < -0.3 is 49.3 Å². The number of hydrogen-bond donors (Lipinski definition) is 6.